The highest BCUT2D eigenvalue weighted by Gasteiger charge is 2.17. The van der Waals surface area contributed by atoms with E-state index in [-0.39, 0.29) is 11.9 Å². The average Bonchev–Trinajstić information content (AvgIpc) is 3.18. The van der Waals surface area contributed by atoms with Gasteiger partial charge < -0.3 is 15.0 Å². The number of nitrogens with one attached hydrogen (secondary N) is 1. The zero-order valence-corrected chi connectivity index (χ0v) is 19.1. The van der Waals surface area contributed by atoms with Gasteiger partial charge in [0, 0.05) is 63.1 Å². The van der Waals surface area contributed by atoms with E-state index in [1.807, 2.05) is 0 Å². The number of nitrogens with zero attached hydrogens (tertiary/aromatic N) is 4. The van der Waals surface area contributed by atoms with E-state index in [4.69, 9.17) is 9.72 Å². The molecule has 1 aliphatic heterocycles. The van der Waals surface area contributed by atoms with Crippen molar-refractivity contribution in [3.8, 4) is 0 Å². The van der Waals surface area contributed by atoms with Crippen molar-refractivity contribution < 1.29 is 9.53 Å². The van der Waals surface area contributed by atoms with E-state index in [1.54, 1.807) is 0 Å². The van der Waals surface area contributed by atoms with Crippen molar-refractivity contribution >= 4 is 22.6 Å². The molecule has 1 N–H and O–H groups in total. The first-order chi connectivity index (χ1) is 14.5. The zero-order chi connectivity index (χ0) is 21.3. The SMILES string of the molecule is Cc1ccc(Cc2nsc(N(CCC(=O)NCCN3CCOCC3)C(C)C)n2)cc1. The molecule has 164 valence electrons. The number of anilines is 1. The Morgan fingerprint density at radius 3 is 2.70 bits per heavy atom. The third kappa shape index (κ3) is 7.04. The first-order valence-electron chi connectivity index (χ1n) is 10.7. The van der Waals surface area contributed by atoms with Crippen molar-refractivity contribution in [1.82, 2.24) is 19.6 Å². The highest BCUT2D eigenvalue weighted by Crippen LogP contribution is 2.21. The van der Waals surface area contributed by atoms with Gasteiger partial charge in [-0.05, 0) is 26.3 Å². The number of benzene rings is 1. The largest absolute Gasteiger partial charge is 0.379 e. The highest BCUT2D eigenvalue weighted by atomic mass is 32.1. The Labute approximate surface area is 183 Å². The number of aryl methyl sites for hydroxylation is 1. The summed E-state index contributed by atoms with van der Waals surface area (Å²) in [4.78, 5) is 21.5. The molecular formula is C22H33N5O2S. The molecule has 8 heteroatoms. The molecule has 7 nitrogen and oxygen atoms in total. The minimum absolute atomic E-state index is 0.0818. The normalized spacial score (nSPS) is 14.8. The van der Waals surface area contributed by atoms with Crippen molar-refractivity contribution in [2.75, 3.05) is 50.8 Å². The summed E-state index contributed by atoms with van der Waals surface area (Å²) < 4.78 is 9.89. The van der Waals surface area contributed by atoms with Gasteiger partial charge in [-0.15, -0.1) is 0 Å². The van der Waals surface area contributed by atoms with Gasteiger partial charge in [-0.3, -0.25) is 9.69 Å². The summed E-state index contributed by atoms with van der Waals surface area (Å²) >= 11 is 1.41. The number of hydrogen-bond donors (Lipinski definition) is 1. The Hall–Kier alpha value is -2.03. The number of carbonyl (C=O) groups is 1. The van der Waals surface area contributed by atoms with E-state index in [1.165, 1.54) is 22.7 Å². The van der Waals surface area contributed by atoms with Crippen molar-refractivity contribution in [3.63, 3.8) is 0 Å². The molecule has 3 rings (SSSR count). The van der Waals surface area contributed by atoms with Gasteiger partial charge >= 0.3 is 0 Å². The second-order valence-electron chi connectivity index (χ2n) is 8.00. The summed E-state index contributed by atoms with van der Waals surface area (Å²) in [6.07, 6.45) is 1.18. The van der Waals surface area contributed by atoms with Crippen LogP contribution in [0.25, 0.3) is 0 Å². The van der Waals surface area contributed by atoms with Gasteiger partial charge in [0.15, 0.2) is 0 Å². The van der Waals surface area contributed by atoms with Crippen LogP contribution in [-0.2, 0) is 16.0 Å². The van der Waals surface area contributed by atoms with Crippen LogP contribution in [-0.4, -0.2) is 72.1 Å². The van der Waals surface area contributed by atoms with Gasteiger partial charge in [0.2, 0.25) is 11.0 Å². The Kier molecular flexibility index (Phi) is 8.60. The van der Waals surface area contributed by atoms with E-state index in [0.717, 1.165) is 50.2 Å². The van der Waals surface area contributed by atoms with Crippen LogP contribution in [0, 0.1) is 6.92 Å². The van der Waals surface area contributed by atoms with E-state index < -0.39 is 0 Å². The molecule has 1 aromatic heterocycles. The van der Waals surface area contributed by atoms with Gasteiger partial charge in [-0.25, -0.2) is 4.98 Å². The van der Waals surface area contributed by atoms with Crippen LogP contribution in [0.4, 0.5) is 5.13 Å². The summed E-state index contributed by atoms with van der Waals surface area (Å²) in [5, 5.41) is 3.92. The molecule has 0 atom stereocenters. The van der Waals surface area contributed by atoms with Crippen LogP contribution >= 0.6 is 11.5 Å². The average molecular weight is 432 g/mol. The molecule has 0 radical (unpaired) electrons. The maximum absolute atomic E-state index is 12.3. The molecule has 1 aromatic carbocycles. The number of hydrogen-bond acceptors (Lipinski definition) is 7. The Balaban J connectivity index is 1.46. The molecule has 1 amide bonds. The monoisotopic (exact) mass is 431 g/mol. The number of morpholine rings is 1. The molecule has 30 heavy (non-hydrogen) atoms. The number of ether oxygens (including phenoxy) is 1. The molecule has 1 saturated heterocycles. The van der Waals surface area contributed by atoms with Crippen molar-refractivity contribution in [3.05, 3.63) is 41.2 Å². The maximum atomic E-state index is 12.3. The number of amides is 1. The molecular weight excluding hydrogens is 398 g/mol. The second-order valence-corrected chi connectivity index (χ2v) is 8.73. The first kappa shape index (κ1) is 22.7. The maximum Gasteiger partial charge on any atom is 0.221 e. The molecule has 0 bridgehead atoms. The molecule has 0 saturated carbocycles. The zero-order valence-electron chi connectivity index (χ0n) is 18.3. The summed E-state index contributed by atoms with van der Waals surface area (Å²) in [5.41, 5.74) is 2.46. The molecule has 0 aliphatic carbocycles. The first-order valence-corrected chi connectivity index (χ1v) is 11.5. The van der Waals surface area contributed by atoms with Crippen molar-refractivity contribution in [1.29, 1.82) is 0 Å². The van der Waals surface area contributed by atoms with Gasteiger partial charge in [0.1, 0.15) is 5.82 Å². The molecule has 2 heterocycles. The summed E-state index contributed by atoms with van der Waals surface area (Å²) in [6, 6.07) is 8.72. The van der Waals surface area contributed by atoms with E-state index in [2.05, 4.69) is 64.5 Å². The number of carbonyl (C=O) groups excluding carboxylic acids is 1. The lowest BCUT2D eigenvalue weighted by molar-refractivity contribution is -0.121. The van der Waals surface area contributed by atoms with Crippen molar-refractivity contribution in [2.45, 2.75) is 39.7 Å². The topological polar surface area (TPSA) is 70.6 Å². The predicted octanol–water partition coefficient (Wildman–Crippen LogP) is 2.49. The van der Waals surface area contributed by atoms with Crippen LogP contribution in [0.15, 0.2) is 24.3 Å². The lowest BCUT2D eigenvalue weighted by Crippen LogP contribution is -2.42. The van der Waals surface area contributed by atoms with E-state index in [0.29, 0.717) is 19.5 Å². The quantitative estimate of drug-likeness (QED) is 0.623. The second kappa shape index (κ2) is 11.4. The lowest BCUT2D eigenvalue weighted by atomic mass is 10.1. The summed E-state index contributed by atoms with van der Waals surface area (Å²) in [5.74, 6) is 0.915. The fraction of sp³-hybridized carbons (Fsp3) is 0.591. The number of aromatic nitrogens is 2. The Morgan fingerprint density at radius 2 is 2.00 bits per heavy atom. The van der Waals surface area contributed by atoms with Gasteiger partial charge in [0.05, 0.1) is 13.2 Å². The van der Waals surface area contributed by atoms with Gasteiger partial charge in [0.25, 0.3) is 0 Å². The van der Waals surface area contributed by atoms with E-state index in [9.17, 15) is 4.79 Å². The number of rotatable bonds is 10. The molecule has 1 aliphatic rings. The smallest absolute Gasteiger partial charge is 0.221 e. The van der Waals surface area contributed by atoms with Crippen LogP contribution in [0.2, 0.25) is 0 Å². The highest BCUT2D eigenvalue weighted by molar-refractivity contribution is 7.09. The van der Waals surface area contributed by atoms with Crippen LogP contribution in [0.1, 0.15) is 37.2 Å². The third-order valence-electron chi connectivity index (χ3n) is 5.24. The molecule has 0 unspecified atom stereocenters. The van der Waals surface area contributed by atoms with Crippen LogP contribution in [0.3, 0.4) is 0 Å². The summed E-state index contributed by atoms with van der Waals surface area (Å²) in [6.45, 7) is 12.0. The Morgan fingerprint density at radius 1 is 1.27 bits per heavy atom. The van der Waals surface area contributed by atoms with Gasteiger partial charge in [-0.2, -0.15) is 4.37 Å². The minimum atomic E-state index is 0.0818. The lowest BCUT2D eigenvalue weighted by Gasteiger charge is -2.27. The standard InChI is InChI=1S/C22H33N5O2S/c1-17(2)27(10-8-21(28)23-9-11-26-12-14-29-15-13-26)22-24-20(25-30-22)16-19-6-4-18(3)5-7-19/h4-7,17H,8-16H2,1-3H3,(H,23,28). The minimum Gasteiger partial charge on any atom is -0.379 e. The fourth-order valence-electron chi connectivity index (χ4n) is 3.39. The predicted molar refractivity (Wildman–Crippen MR) is 121 cm³/mol. The van der Waals surface area contributed by atoms with Crippen LogP contribution in [0.5, 0.6) is 0 Å². The molecule has 2 aromatic rings. The fourth-order valence-corrected chi connectivity index (χ4v) is 4.23. The Bertz CT molecular complexity index is 787. The molecule has 0 spiro atoms. The van der Waals surface area contributed by atoms with Crippen LogP contribution < -0.4 is 10.2 Å². The molecule has 1 fully saturated rings. The summed E-state index contributed by atoms with van der Waals surface area (Å²) in [7, 11) is 0. The van der Waals surface area contributed by atoms with Gasteiger partial charge in [-0.1, -0.05) is 29.8 Å². The van der Waals surface area contributed by atoms with E-state index >= 15 is 0 Å². The third-order valence-corrected chi connectivity index (χ3v) is 6.03. The van der Waals surface area contributed by atoms with Crippen molar-refractivity contribution in [2.24, 2.45) is 0 Å².